The topological polar surface area (TPSA) is 133 Å². The molecule has 10 nitrogen and oxygen atoms in total. The molecule has 0 radical (unpaired) electrons. The lowest BCUT2D eigenvalue weighted by Crippen LogP contribution is -2.41. The van der Waals surface area contributed by atoms with Crippen LogP contribution in [0.5, 0.6) is 0 Å². The Bertz CT molecular complexity index is 827. The lowest BCUT2D eigenvalue weighted by Gasteiger charge is -2.06. The molecule has 10 heteroatoms. The maximum atomic E-state index is 11.7. The van der Waals surface area contributed by atoms with Gasteiger partial charge in [-0.3, -0.25) is 14.9 Å². The predicted molar refractivity (Wildman–Crippen MR) is 89.0 cm³/mol. The first-order valence-corrected chi connectivity index (χ1v) is 7.86. The Labute approximate surface area is 148 Å². The van der Waals surface area contributed by atoms with Gasteiger partial charge in [0.25, 0.3) is 5.91 Å². The summed E-state index contributed by atoms with van der Waals surface area (Å²) < 4.78 is 10.5. The maximum absolute atomic E-state index is 11.7. The van der Waals surface area contributed by atoms with Crippen LogP contribution in [-0.2, 0) is 20.9 Å². The van der Waals surface area contributed by atoms with E-state index >= 15 is 0 Å². The largest absolute Gasteiger partial charge is 0.454 e. The molecule has 26 heavy (non-hydrogen) atoms. The summed E-state index contributed by atoms with van der Waals surface area (Å²) in [5.41, 5.74) is 0.578. The van der Waals surface area contributed by atoms with Gasteiger partial charge in [-0.15, -0.1) is 5.10 Å². The molecular weight excluding hydrogens is 344 g/mol. The van der Waals surface area contributed by atoms with E-state index in [1.165, 1.54) is 0 Å². The number of imide groups is 1. The molecular formula is C16H18N4O6. The van der Waals surface area contributed by atoms with Crippen molar-refractivity contribution in [2.45, 2.75) is 19.9 Å². The number of carbonyl (C=O) groups excluding carboxylic acids is 3. The Morgan fingerprint density at radius 1 is 1.23 bits per heavy atom. The van der Waals surface area contributed by atoms with E-state index in [2.05, 4.69) is 10.4 Å². The van der Waals surface area contributed by atoms with Crippen LogP contribution >= 0.6 is 0 Å². The van der Waals surface area contributed by atoms with Crippen molar-refractivity contribution in [1.82, 2.24) is 20.4 Å². The number of nitrogens with one attached hydrogen (secondary N) is 2. The van der Waals surface area contributed by atoms with E-state index in [9.17, 15) is 19.2 Å². The Balaban J connectivity index is 1.85. The fraction of sp³-hybridized carbons (Fsp3) is 0.312. The Morgan fingerprint density at radius 2 is 1.96 bits per heavy atom. The van der Waals surface area contributed by atoms with Crippen molar-refractivity contribution in [3.05, 3.63) is 40.9 Å². The number of amides is 3. The molecule has 0 bridgehead atoms. The minimum atomic E-state index is -0.871. The zero-order valence-electron chi connectivity index (χ0n) is 14.1. The first-order valence-electron chi connectivity index (χ1n) is 7.86. The van der Waals surface area contributed by atoms with Gasteiger partial charge in [-0.25, -0.2) is 9.59 Å². The van der Waals surface area contributed by atoms with Crippen molar-refractivity contribution in [2.24, 2.45) is 0 Å². The second-order valence-electron chi connectivity index (χ2n) is 5.16. The van der Waals surface area contributed by atoms with Crippen LogP contribution in [0.15, 0.2) is 39.5 Å². The Morgan fingerprint density at radius 3 is 2.65 bits per heavy atom. The van der Waals surface area contributed by atoms with Gasteiger partial charge in [0.2, 0.25) is 5.89 Å². The molecule has 0 saturated heterocycles. The highest BCUT2D eigenvalue weighted by Gasteiger charge is 2.15. The molecule has 1 aromatic carbocycles. The smallest absolute Gasteiger partial charge is 0.437 e. The van der Waals surface area contributed by atoms with Crippen molar-refractivity contribution >= 4 is 17.9 Å². The van der Waals surface area contributed by atoms with Crippen LogP contribution in [0.1, 0.15) is 13.3 Å². The molecule has 1 aromatic heterocycles. The number of hydrogen-bond donors (Lipinski definition) is 2. The van der Waals surface area contributed by atoms with E-state index in [0.717, 1.165) is 4.68 Å². The van der Waals surface area contributed by atoms with E-state index in [-0.39, 0.29) is 5.89 Å². The number of hydrogen-bond acceptors (Lipinski definition) is 7. The van der Waals surface area contributed by atoms with Gasteiger partial charge in [0.1, 0.15) is 6.54 Å². The van der Waals surface area contributed by atoms with Crippen LogP contribution in [0, 0.1) is 0 Å². The van der Waals surface area contributed by atoms with Gasteiger partial charge in [0.05, 0.1) is 0 Å². The van der Waals surface area contributed by atoms with E-state index in [4.69, 9.17) is 9.15 Å². The highest BCUT2D eigenvalue weighted by atomic mass is 16.5. The molecule has 2 aromatic rings. The van der Waals surface area contributed by atoms with Crippen molar-refractivity contribution < 1.29 is 23.5 Å². The second kappa shape index (κ2) is 9.16. The van der Waals surface area contributed by atoms with Gasteiger partial charge in [-0.1, -0.05) is 25.1 Å². The molecule has 0 fully saturated rings. The van der Waals surface area contributed by atoms with Crippen LogP contribution in [-0.4, -0.2) is 40.8 Å². The minimum absolute atomic E-state index is 0.0636. The fourth-order valence-electron chi connectivity index (χ4n) is 1.86. The zero-order chi connectivity index (χ0) is 18.9. The van der Waals surface area contributed by atoms with Crippen molar-refractivity contribution in [3.63, 3.8) is 0 Å². The minimum Gasteiger partial charge on any atom is -0.454 e. The zero-order valence-corrected chi connectivity index (χ0v) is 14.1. The lowest BCUT2D eigenvalue weighted by atomic mass is 10.2. The molecule has 0 aliphatic heterocycles. The highest BCUT2D eigenvalue weighted by Crippen LogP contribution is 2.13. The normalized spacial score (nSPS) is 10.2. The molecule has 0 aliphatic carbocycles. The van der Waals surface area contributed by atoms with E-state index in [0.29, 0.717) is 18.5 Å². The molecule has 2 N–H and O–H groups in total. The van der Waals surface area contributed by atoms with Crippen LogP contribution in [0.25, 0.3) is 11.5 Å². The number of benzene rings is 1. The summed E-state index contributed by atoms with van der Waals surface area (Å²) >= 11 is 0. The molecule has 3 amide bonds. The van der Waals surface area contributed by atoms with Crippen LogP contribution in [0.3, 0.4) is 0 Å². The third kappa shape index (κ3) is 5.58. The van der Waals surface area contributed by atoms with Gasteiger partial charge in [0, 0.05) is 12.1 Å². The van der Waals surface area contributed by atoms with Crippen molar-refractivity contribution in [3.8, 4) is 11.5 Å². The van der Waals surface area contributed by atoms with Gasteiger partial charge in [0.15, 0.2) is 6.61 Å². The van der Waals surface area contributed by atoms with Crippen LogP contribution in [0.2, 0.25) is 0 Å². The number of carbonyl (C=O) groups is 3. The van der Waals surface area contributed by atoms with Crippen molar-refractivity contribution in [2.75, 3.05) is 13.2 Å². The van der Waals surface area contributed by atoms with E-state index in [1.807, 2.05) is 12.2 Å². The molecule has 0 spiro atoms. The first-order chi connectivity index (χ1) is 12.5. The molecule has 0 saturated carbocycles. The second-order valence-corrected chi connectivity index (χ2v) is 5.16. The number of rotatable bonds is 7. The summed E-state index contributed by atoms with van der Waals surface area (Å²) in [6, 6.07) is 8.01. The quantitative estimate of drug-likeness (QED) is 0.676. The molecule has 0 unspecified atom stereocenters. The number of nitrogens with zero attached hydrogens (tertiary/aromatic N) is 2. The molecule has 1 heterocycles. The van der Waals surface area contributed by atoms with E-state index in [1.54, 1.807) is 30.3 Å². The Hall–Kier alpha value is -3.43. The number of aromatic nitrogens is 2. The fourth-order valence-corrected chi connectivity index (χ4v) is 1.86. The number of ether oxygens (including phenoxy) is 1. The van der Waals surface area contributed by atoms with Gasteiger partial charge >= 0.3 is 17.8 Å². The van der Waals surface area contributed by atoms with Gasteiger partial charge in [-0.05, 0) is 18.6 Å². The third-order valence-electron chi connectivity index (χ3n) is 3.06. The average molecular weight is 362 g/mol. The monoisotopic (exact) mass is 362 g/mol. The van der Waals surface area contributed by atoms with Crippen molar-refractivity contribution in [1.29, 1.82) is 0 Å². The van der Waals surface area contributed by atoms with Gasteiger partial charge in [-0.2, -0.15) is 4.68 Å². The number of urea groups is 1. The van der Waals surface area contributed by atoms with E-state index < -0.39 is 36.8 Å². The summed E-state index contributed by atoms with van der Waals surface area (Å²) in [5, 5.41) is 8.34. The maximum Gasteiger partial charge on any atom is 0.437 e. The summed E-state index contributed by atoms with van der Waals surface area (Å²) in [6.45, 7) is 1.09. The summed E-state index contributed by atoms with van der Waals surface area (Å²) in [4.78, 5) is 46.2. The Kier molecular flexibility index (Phi) is 6.66. The standard InChI is InChI=1S/C16H18N4O6/c1-2-8-17-15(23)18-12(21)10-25-13(22)9-20-16(24)26-14(19-20)11-6-4-3-5-7-11/h3-7H,2,8-10H2,1H3,(H2,17,18,21,23). The molecule has 138 valence electrons. The van der Waals surface area contributed by atoms with Crippen LogP contribution in [0.4, 0.5) is 4.79 Å². The third-order valence-corrected chi connectivity index (χ3v) is 3.06. The summed E-state index contributed by atoms with van der Waals surface area (Å²) in [5.74, 6) is -2.42. The van der Waals surface area contributed by atoms with Gasteiger partial charge < -0.3 is 14.5 Å². The average Bonchev–Trinajstić information content (AvgIpc) is 2.99. The number of esters is 1. The summed E-state index contributed by atoms with van der Waals surface area (Å²) in [6.07, 6.45) is 0.716. The SMILES string of the molecule is CCCNC(=O)NC(=O)COC(=O)Cn1nc(-c2ccccc2)oc1=O. The van der Waals surface area contributed by atoms with Crippen LogP contribution < -0.4 is 16.4 Å². The first kappa shape index (κ1) is 18.9. The lowest BCUT2D eigenvalue weighted by molar-refractivity contribution is -0.149. The highest BCUT2D eigenvalue weighted by molar-refractivity contribution is 5.95. The molecule has 0 atom stereocenters. The predicted octanol–water partition coefficient (Wildman–Crippen LogP) is 0.282. The summed E-state index contributed by atoms with van der Waals surface area (Å²) in [7, 11) is 0. The molecule has 2 rings (SSSR count). The molecule has 0 aliphatic rings.